The van der Waals surface area contributed by atoms with Gasteiger partial charge in [-0.3, -0.25) is 0 Å². The second-order valence-corrected chi connectivity index (χ2v) is 2.86. The summed E-state index contributed by atoms with van der Waals surface area (Å²) in [5.41, 5.74) is 1.71. The van der Waals surface area contributed by atoms with Gasteiger partial charge in [0.1, 0.15) is 0 Å². The molecule has 0 unspecified atom stereocenters. The zero-order valence-corrected chi connectivity index (χ0v) is 7.29. The van der Waals surface area contributed by atoms with E-state index >= 15 is 0 Å². The summed E-state index contributed by atoms with van der Waals surface area (Å²) < 4.78 is 0. The second kappa shape index (κ2) is 3.67. The number of rotatable bonds is 2. The maximum atomic E-state index is 5.55. The molecule has 0 aromatic carbocycles. The Morgan fingerprint density at radius 1 is 1.55 bits per heavy atom. The molecule has 0 bridgehead atoms. The van der Waals surface area contributed by atoms with Crippen molar-refractivity contribution in [3.63, 3.8) is 0 Å². The van der Waals surface area contributed by atoms with Gasteiger partial charge < -0.3 is 0 Å². The van der Waals surface area contributed by atoms with Gasteiger partial charge in [0.2, 0.25) is 0 Å². The van der Waals surface area contributed by atoms with Crippen LogP contribution >= 0.6 is 12.2 Å². The summed E-state index contributed by atoms with van der Waals surface area (Å²) in [6.45, 7) is 2.11. The number of hydrogen-bond acceptors (Lipinski definition) is 1. The first-order valence-electron chi connectivity index (χ1n) is 3.63. The van der Waals surface area contributed by atoms with E-state index in [-0.39, 0.29) is 0 Å². The molecule has 2 N–H and O–H groups in total. The van der Waals surface area contributed by atoms with Crippen molar-refractivity contribution in [2.75, 3.05) is 0 Å². The molecular weight excluding hydrogens is 155 g/mol. The summed E-state index contributed by atoms with van der Waals surface area (Å²) in [5, 5.41) is 6.43. The molecule has 4 heteroatoms. The van der Waals surface area contributed by atoms with E-state index in [0.717, 1.165) is 18.5 Å². The monoisotopic (exact) mass is 165 g/mol. The first kappa shape index (κ1) is 8.46. The Morgan fingerprint density at radius 2 is 2.27 bits per heavy atom. The first-order chi connectivity index (χ1) is 5.22. The van der Waals surface area contributed by atoms with Gasteiger partial charge in [-0.05, 0) is 0 Å². The zero-order chi connectivity index (χ0) is 8.27. The molecule has 11 heavy (non-hydrogen) atoms. The van der Waals surface area contributed by atoms with Crippen molar-refractivity contribution in [3.05, 3.63) is 11.8 Å². The summed E-state index contributed by atoms with van der Waals surface area (Å²) >= 11 is 4.91. The van der Waals surface area contributed by atoms with Crippen molar-refractivity contribution in [2.24, 2.45) is 0 Å². The molecule has 1 aliphatic heterocycles. The number of hydrogen-bond donors (Lipinski definition) is 2. The molecule has 0 amide bonds. The van der Waals surface area contributed by atoms with E-state index in [1.54, 1.807) is 0 Å². The van der Waals surface area contributed by atoms with Crippen LogP contribution in [0.4, 0.5) is 0 Å². The van der Waals surface area contributed by atoms with Gasteiger partial charge in [-0.25, -0.2) is 0 Å². The van der Waals surface area contributed by atoms with Crippen molar-refractivity contribution in [2.45, 2.75) is 19.8 Å². The van der Waals surface area contributed by atoms with E-state index in [0.29, 0.717) is 10.7 Å². The third-order valence-electron chi connectivity index (χ3n) is 1.38. The predicted octanol–water partition coefficient (Wildman–Crippen LogP) is 0.447. The molecule has 1 radical (unpaired) electrons. The number of thiocarbonyl (C=S) groups is 1. The van der Waals surface area contributed by atoms with Crippen molar-refractivity contribution in [1.82, 2.24) is 10.6 Å². The van der Waals surface area contributed by atoms with Gasteiger partial charge in [0.25, 0.3) is 0 Å². The van der Waals surface area contributed by atoms with Gasteiger partial charge >= 0.3 is 72.6 Å². The Labute approximate surface area is 73.1 Å². The van der Waals surface area contributed by atoms with Crippen molar-refractivity contribution in [1.29, 1.82) is 0 Å². The van der Waals surface area contributed by atoms with Crippen LogP contribution in [-0.4, -0.2) is 18.2 Å². The van der Waals surface area contributed by atoms with E-state index in [2.05, 4.69) is 17.6 Å². The zero-order valence-electron chi connectivity index (χ0n) is 6.48. The van der Waals surface area contributed by atoms with Gasteiger partial charge in [0, 0.05) is 0 Å². The molecule has 57 valence electrons. The van der Waals surface area contributed by atoms with Crippen LogP contribution < -0.4 is 10.6 Å². The second-order valence-electron chi connectivity index (χ2n) is 2.45. The van der Waals surface area contributed by atoms with Crippen LogP contribution in [0.3, 0.4) is 0 Å². The molecule has 0 saturated carbocycles. The molecule has 1 aliphatic rings. The summed E-state index contributed by atoms with van der Waals surface area (Å²) in [6.07, 6.45) is 3.95. The fourth-order valence-corrected chi connectivity index (χ4v) is 1.22. The van der Waals surface area contributed by atoms with Crippen LogP contribution in [0, 0.1) is 0 Å². The molecule has 0 aliphatic carbocycles. The van der Waals surface area contributed by atoms with Crippen molar-refractivity contribution in [3.8, 4) is 0 Å². The Morgan fingerprint density at radius 3 is 2.82 bits per heavy atom. The average molecular weight is 165 g/mol. The van der Waals surface area contributed by atoms with Crippen LogP contribution in [0.15, 0.2) is 11.8 Å². The normalized spacial score (nSPS) is 16.9. The van der Waals surface area contributed by atoms with E-state index in [9.17, 15) is 0 Å². The Hall–Kier alpha value is -0.635. The summed E-state index contributed by atoms with van der Waals surface area (Å²) in [7, 11) is 5.55. The fourth-order valence-electron chi connectivity index (χ4n) is 0.972. The van der Waals surface area contributed by atoms with E-state index in [4.69, 9.17) is 19.7 Å². The van der Waals surface area contributed by atoms with Crippen LogP contribution in [0.1, 0.15) is 19.8 Å². The summed E-state index contributed by atoms with van der Waals surface area (Å²) in [6, 6.07) is 0. The molecule has 1 heterocycles. The van der Waals surface area contributed by atoms with Crippen LogP contribution in [0.5, 0.6) is 0 Å². The summed E-state index contributed by atoms with van der Waals surface area (Å²) in [4.78, 5) is 0. The Balaban J connectivity index is 2.64. The number of allylic oxidation sites excluding steroid dienone is 1. The van der Waals surface area contributed by atoms with Crippen LogP contribution in [-0.2, 0) is 0 Å². The Bertz CT molecular complexity index is 222. The molecule has 0 atom stereocenters. The minimum atomic E-state index is 0.591. The average Bonchev–Trinajstić information content (AvgIpc) is 1.85. The number of nitrogens with one attached hydrogen (secondary N) is 2. The molecule has 1 rings (SSSR count). The molecule has 2 nitrogen and oxygen atoms in total. The van der Waals surface area contributed by atoms with Gasteiger partial charge in [0.15, 0.2) is 0 Å². The van der Waals surface area contributed by atoms with Crippen molar-refractivity contribution < 1.29 is 0 Å². The van der Waals surface area contributed by atoms with Gasteiger partial charge in [-0.15, -0.1) is 0 Å². The van der Waals surface area contributed by atoms with Gasteiger partial charge in [-0.2, -0.15) is 0 Å². The fraction of sp³-hybridized carbons (Fsp3) is 0.429. The molecule has 0 fully saturated rings. The third kappa shape index (κ3) is 2.46. The minimum absolute atomic E-state index is 0.591. The quantitative estimate of drug-likeness (QED) is 0.458. The van der Waals surface area contributed by atoms with E-state index < -0.39 is 0 Å². The van der Waals surface area contributed by atoms with Gasteiger partial charge in [-0.1, -0.05) is 0 Å². The van der Waals surface area contributed by atoms with E-state index in [1.165, 1.54) is 0 Å². The standard InChI is InChI=1S/C7H10BN2S/c1-2-3-5-4-6(8)10-7(11)9-5/h4H,2-3H2,1H3,(H2,9,10,11). The maximum absolute atomic E-state index is 5.55. The molecular formula is C7H10BN2S. The Kier molecular flexibility index (Phi) is 2.82. The first-order valence-corrected chi connectivity index (χ1v) is 4.04. The molecule has 0 saturated heterocycles. The van der Waals surface area contributed by atoms with E-state index in [1.807, 2.05) is 6.08 Å². The third-order valence-corrected chi connectivity index (χ3v) is 1.59. The molecule has 0 aromatic heterocycles. The van der Waals surface area contributed by atoms with Crippen LogP contribution in [0.25, 0.3) is 0 Å². The van der Waals surface area contributed by atoms with Crippen molar-refractivity contribution >= 4 is 30.4 Å². The molecule has 0 spiro atoms. The predicted molar refractivity (Wildman–Crippen MR) is 52.6 cm³/mol. The van der Waals surface area contributed by atoms with Gasteiger partial charge in [0.05, 0.1) is 0 Å². The SMILES string of the molecule is [B]=C1C=C(CCC)NC(=S)N1. The van der Waals surface area contributed by atoms with Crippen LogP contribution in [0.2, 0.25) is 0 Å². The topological polar surface area (TPSA) is 24.1 Å². The summed E-state index contributed by atoms with van der Waals surface area (Å²) in [5.74, 6) is 0. The molecule has 0 aromatic rings.